The van der Waals surface area contributed by atoms with Crippen LogP contribution in [-0.2, 0) is 4.74 Å². The van der Waals surface area contributed by atoms with Crippen molar-refractivity contribution < 1.29 is 18.3 Å². The molecule has 0 radical (unpaired) electrons. The molecule has 0 bridgehead atoms. The Bertz CT molecular complexity index is 438. The van der Waals surface area contributed by atoms with Gasteiger partial charge in [0.25, 0.3) is 5.91 Å². The maximum Gasteiger partial charge on any atom is 0.257 e. The van der Waals surface area contributed by atoms with Crippen molar-refractivity contribution in [3.05, 3.63) is 29.3 Å². The van der Waals surface area contributed by atoms with Gasteiger partial charge in [-0.3, -0.25) is 4.79 Å². The minimum atomic E-state index is -1.04. The Labute approximate surface area is 104 Å². The van der Waals surface area contributed by atoms with Crippen molar-refractivity contribution in [1.82, 2.24) is 5.32 Å². The molecule has 0 saturated carbocycles. The molecule has 0 aromatic heterocycles. The lowest BCUT2D eigenvalue weighted by Crippen LogP contribution is -2.33. The fourth-order valence-electron chi connectivity index (χ4n) is 1.45. The minimum Gasteiger partial charge on any atom is -0.396 e. The number of nitrogens with two attached hydrogens (primary N) is 1. The number of nitrogen functional groups attached to an aromatic ring is 1. The van der Waals surface area contributed by atoms with E-state index in [-0.39, 0.29) is 18.3 Å². The molecular formula is C12H16F2N2O2. The first kappa shape index (κ1) is 14.4. The third-order valence-corrected chi connectivity index (χ3v) is 2.35. The quantitative estimate of drug-likeness (QED) is 0.790. The van der Waals surface area contributed by atoms with Gasteiger partial charge in [-0.2, -0.15) is 0 Å². The SMILES string of the molecule is CCOC(C)CNC(=O)c1c(F)ccc(N)c1F. The highest BCUT2D eigenvalue weighted by Crippen LogP contribution is 2.18. The van der Waals surface area contributed by atoms with Crippen molar-refractivity contribution in [2.45, 2.75) is 20.0 Å². The van der Waals surface area contributed by atoms with E-state index in [0.717, 1.165) is 12.1 Å². The van der Waals surface area contributed by atoms with Crippen LogP contribution in [0.1, 0.15) is 24.2 Å². The van der Waals surface area contributed by atoms with E-state index < -0.39 is 23.1 Å². The number of halogens is 2. The first-order valence-electron chi connectivity index (χ1n) is 5.60. The number of benzene rings is 1. The number of amides is 1. The Balaban J connectivity index is 2.76. The normalized spacial score (nSPS) is 12.2. The summed E-state index contributed by atoms with van der Waals surface area (Å²) in [6.07, 6.45) is -0.230. The fourth-order valence-corrected chi connectivity index (χ4v) is 1.45. The number of rotatable bonds is 5. The third-order valence-electron chi connectivity index (χ3n) is 2.35. The molecule has 1 amide bonds. The van der Waals surface area contributed by atoms with E-state index in [1.165, 1.54) is 0 Å². The number of carbonyl (C=O) groups excluding carboxylic acids is 1. The zero-order valence-electron chi connectivity index (χ0n) is 10.3. The number of anilines is 1. The summed E-state index contributed by atoms with van der Waals surface area (Å²) in [5.74, 6) is -2.83. The van der Waals surface area contributed by atoms with Gasteiger partial charge >= 0.3 is 0 Å². The third kappa shape index (κ3) is 3.40. The summed E-state index contributed by atoms with van der Waals surface area (Å²) in [6, 6.07) is 2.03. The molecule has 100 valence electrons. The Hall–Kier alpha value is -1.69. The number of carbonyl (C=O) groups is 1. The van der Waals surface area contributed by atoms with Gasteiger partial charge in [0.2, 0.25) is 0 Å². The molecule has 0 heterocycles. The molecule has 1 unspecified atom stereocenters. The summed E-state index contributed by atoms with van der Waals surface area (Å²) in [7, 11) is 0. The molecule has 1 rings (SSSR count). The van der Waals surface area contributed by atoms with Gasteiger partial charge in [-0.25, -0.2) is 8.78 Å². The molecule has 6 heteroatoms. The van der Waals surface area contributed by atoms with Crippen LogP contribution in [0.4, 0.5) is 14.5 Å². The van der Waals surface area contributed by atoms with Crippen molar-refractivity contribution in [2.75, 3.05) is 18.9 Å². The molecule has 1 atom stereocenters. The highest BCUT2D eigenvalue weighted by atomic mass is 19.1. The Morgan fingerprint density at radius 1 is 1.50 bits per heavy atom. The highest BCUT2D eigenvalue weighted by molar-refractivity contribution is 5.95. The second-order valence-corrected chi connectivity index (χ2v) is 3.80. The Morgan fingerprint density at radius 3 is 2.78 bits per heavy atom. The van der Waals surface area contributed by atoms with E-state index >= 15 is 0 Å². The molecule has 0 aliphatic carbocycles. The zero-order chi connectivity index (χ0) is 13.7. The predicted molar refractivity (Wildman–Crippen MR) is 64.2 cm³/mol. The molecule has 3 N–H and O–H groups in total. The lowest BCUT2D eigenvalue weighted by atomic mass is 10.1. The molecule has 0 spiro atoms. The highest BCUT2D eigenvalue weighted by Gasteiger charge is 2.19. The summed E-state index contributed by atoms with van der Waals surface area (Å²) >= 11 is 0. The van der Waals surface area contributed by atoms with Gasteiger partial charge in [0.15, 0.2) is 5.82 Å². The van der Waals surface area contributed by atoms with Crippen LogP contribution in [0, 0.1) is 11.6 Å². The van der Waals surface area contributed by atoms with Crippen LogP contribution in [0.25, 0.3) is 0 Å². The van der Waals surface area contributed by atoms with Crippen LogP contribution in [0.5, 0.6) is 0 Å². The number of hydrogen-bond acceptors (Lipinski definition) is 3. The van der Waals surface area contributed by atoms with E-state index in [1.54, 1.807) is 6.92 Å². The van der Waals surface area contributed by atoms with E-state index in [2.05, 4.69) is 5.32 Å². The van der Waals surface area contributed by atoms with Gasteiger partial charge in [0, 0.05) is 13.2 Å². The van der Waals surface area contributed by atoms with Gasteiger partial charge < -0.3 is 15.8 Å². The maximum absolute atomic E-state index is 13.5. The summed E-state index contributed by atoms with van der Waals surface area (Å²) in [4.78, 5) is 11.6. The van der Waals surface area contributed by atoms with Crippen molar-refractivity contribution >= 4 is 11.6 Å². The fraction of sp³-hybridized carbons (Fsp3) is 0.417. The smallest absolute Gasteiger partial charge is 0.257 e. The Morgan fingerprint density at radius 2 is 2.17 bits per heavy atom. The topological polar surface area (TPSA) is 64.3 Å². The molecular weight excluding hydrogens is 242 g/mol. The molecule has 18 heavy (non-hydrogen) atoms. The minimum absolute atomic E-state index is 0.167. The number of nitrogens with one attached hydrogen (secondary N) is 1. The average molecular weight is 258 g/mol. The number of hydrogen-bond donors (Lipinski definition) is 2. The molecule has 1 aromatic carbocycles. The first-order chi connectivity index (χ1) is 8.47. The summed E-state index contributed by atoms with van der Waals surface area (Å²) < 4.78 is 32.1. The summed E-state index contributed by atoms with van der Waals surface area (Å²) in [5, 5.41) is 2.39. The molecule has 4 nitrogen and oxygen atoms in total. The van der Waals surface area contributed by atoms with E-state index in [4.69, 9.17) is 10.5 Å². The second-order valence-electron chi connectivity index (χ2n) is 3.80. The van der Waals surface area contributed by atoms with Crippen LogP contribution in [0.2, 0.25) is 0 Å². The molecule has 1 aromatic rings. The Kier molecular flexibility index (Phi) is 5.03. The predicted octanol–water partition coefficient (Wildman–Crippen LogP) is 1.70. The van der Waals surface area contributed by atoms with Gasteiger partial charge in [-0.1, -0.05) is 0 Å². The maximum atomic E-state index is 13.5. The average Bonchev–Trinajstić information content (AvgIpc) is 2.32. The molecule has 0 aliphatic rings. The molecule has 0 fully saturated rings. The van der Waals surface area contributed by atoms with Crippen molar-refractivity contribution in [3.8, 4) is 0 Å². The van der Waals surface area contributed by atoms with E-state index in [9.17, 15) is 13.6 Å². The summed E-state index contributed by atoms with van der Waals surface area (Å²) in [5.41, 5.74) is 4.35. The second kappa shape index (κ2) is 6.30. The zero-order valence-corrected chi connectivity index (χ0v) is 10.3. The van der Waals surface area contributed by atoms with Crippen LogP contribution in [0.15, 0.2) is 12.1 Å². The van der Waals surface area contributed by atoms with Crippen molar-refractivity contribution in [3.63, 3.8) is 0 Å². The molecule has 0 saturated heterocycles. The van der Waals surface area contributed by atoms with Gasteiger partial charge in [0.1, 0.15) is 11.4 Å². The van der Waals surface area contributed by atoms with Crippen molar-refractivity contribution in [2.24, 2.45) is 0 Å². The lowest BCUT2D eigenvalue weighted by Gasteiger charge is -2.13. The van der Waals surface area contributed by atoms with Gasteiger partial charge in [-0.05, 0) is 26.0 Å². The molecule has 0 aliphatic heterocycles. The largest absolute Gasteiger partial charge is 0.396 e. The van der Waals surface area contributed by atoms with E-state index in [1.807, 2.05) is 6.92 Å². The van der Waals surface area contributed by atoms with Crippen LogP contribution < -0.4 is 11.1 Å². The van der Waals surface area contributed by atoms with E-state index in [0.29, 0.717) is 6.61 Å². The summed E-state index contributed by atoms with van der Waals surface area (Å²) in [6.45, 7) is 4.23. The van der Waals surface area contributed by atoms with Crippen LogP contribution in [0.3, 0.4) is 0 Å². The van der Waals surface area contributed by atoms with Gasteiger partial charge in [-0.15, -0.1) is 0 Å². The van der Waals surface area contributed by atoms with Crippen LogP contribution >= 0.6 is 0 Å². The first-order valence-corrected chi connectivity index (χ1v) is 5.60. The van der Waals surface area contributed by atoms with Crippen LogP contribution in [-0.4, -0.2) is 25.2 Å². The standard InChI is InChI=1S/C12H16F2N2O2/c1-3-18-7(2)6-16-12(17)10-8(13)4-5-9(15)11(10)14/h4-5,7H,3,6,15H2,1-2H3,(H,16,17). The lowest BCUT2D eigenvalue weighted by molar-refractivity contribution is 0.0692. The van der Waals surface area contributed by atoms with Crippen molar-refractivity contribution in [1.29, 1.82) is 0 Å². The van der Waals surface area contributed by atoms with Gasteiger partial charge in [0.05, 0.1) is 11.8 Å². The number of ether oxygens (including phenoxy) is 1. The monoisotopic (exact) mass is 258 g/mol.